The molecule has 0 aliphatic heterocycles. The van der Waals surface area contributed by atoms with Crippen LogP contribution in [0.4, 0.5) is 10.1 Å². The molecule has 0 saturated carbocycles. The van der Waals surface area contributed by atoms with Crippen LogP contribution in [0, 0.1) is 11.0 Å². The van der Waals surface area contributed by atoms with Gasteiger partial charge in [0, 0.05) is 54.7 Å². The van der Waals surface area contributed by atoms with Crippen LogP contribution in [0.3, 0.4) is 0 Å². The monoisotopic (exact) mass is 540 g/mol. The van der Waals surface area contributed by atoms with Gasteiger partial charge < -0.3 is 15.3 Å². The molecule has 0 fully saturated rings. The number of hydrogen-bond donors (Lipinski definition) is 1. The van der Waals surface area contributed by atoms with Gasteiger partial charge in [-0.2, -0.15) is 14.5 Å². The molecule has 5 aromatic rings. The number of hydrogen-bond acceptors (Lipinski definition) is 7. The normalized spacial score (nSPS) is 15.0. The number of tetrazole rings is 1. The minimum Gasteiger partial charge on any atom is -0.618 e. The van der Waals surface area contributed by atoms with Crippen molar-refractivity contribution in [1.82, 2.24) is 30.0 Å². The first-order valence-electron chi connectivity index (χ1n) is 14.3. The summed E-state index contributed by atoms with van der Waals surface area (Å²) in [6.45, 7) is -2.56. The number of ether oxygens (including phenoxy) is 1. The Morgan fingerprint density at radius 2 is 2.00 bits per heavy atom. The summed E-state index contributed by atoms with van der Waals surface area (Å²) in [5.41, 5.74) is 2.42. The number of nitrogens with zero attached hydrogens (tertiary/aromatic N) is 7. The van der Waals surface area contributed by atoms with Crippen molar-refractivity contribution in [3.05, 3.63) is 95.2 Å². The van der Waals surface area contributed by atoms with Gasteiger partial charge in [-0.15, -0.1) is 5.10 Å². The highest BCUT2D eigenvalue weighted by Gasteiger charge is 2.25. The Labute approximate surface area is 231 Å². The van der Waals surface area contributed by atoms with E-state index in [1.807, 2.05) is 0 Å². The molecular formula is C26H24ClFN8O2. The van der Waals surface area contributed by atoms with Crippen molar-refractivity contribution in [1.29, 1.82) is 0 Å². The first-order valence-corrected chi connectivity index (χ1v) is 11.7. The molecule has 10 nitrogen and oxygen atoms in total. The Kier molecular flexibility index (Phi) is 5.43. The van der Waals surface area contributed by atoms with E-state index in [9.17, 15) is 5.21 Å². The lowest BCUT2D eigenvalue weighted by molar-refractivity contribution is -0.615. The predicted octanol–water partition coefficient (Wildman–Crippen LogP) is 4.29. The largest absolute Gasteiger partial charge is 0.618 e. The minimum atomic E-state index is -2.64. The van der Waals surface area contributed by atoms with Crippen LogP contribution in [0.2, 0.25) is 5.02 Å². The highest BCUT2D eigenvalue weighted by atomic mass is 35.5. The zero-order valence-electron chi connectivity index (χ0n) is 25.6. The van der Waals surface area contributed by atoms with Crippen molar-refractivity contribution in [2.45, 2.75) is 12.5 Å². The molecule has 38 heavy (non-hydrogen) atoms. The van der Waals surface area contributed by atoms with Crippen molar-refractivity contribution in [3.63, 3.8) is 0 Å². The Bertz CT molecular complexity index is 1750. The average Bonchev–Trinajstić information content (AvgIpc) is 3.65. The van der Waals surface area contributed by atoms with Crippen LogP contribution < -0.4 is 10.0 Å². The summed E-state index contributed by atoms with van der Waals surface area (Å²) >= 11 is 6.06. The number of rotatable bonds is 9. The molecule has 0 amide bonds. The van der Waals surface area contributed by atoms with Gasteiger partial charge in [0.2, 0.25) is 5.69 Å². The Hall–Kier alpha value is -4.35. The van der Waals surface area contributed by atoms with Crippen molar-refractivity contribution in [3.8, 4) is 27.9 Å². The van der Waals surface area contributed by atoms with Crippen molar-refractivity contribution < 1.29 is 22.1 Å². The number of aromatic nitrogens is 7. The Morgan fingerprint density at radius 3 is 2.74 bits per heavy atom. The van der Waals surface area contributed by atoms with Crippen LogP contribution in [0.25, 0.3) is 27.9 Å². The van der Waals surface area contributed by atoms with E-state index in [1.54, 1.807) is 36.7 Å². The lowest BCUT2D eigenvalue weighted by Gasteiger charge is -2.18. The van der Waals surface area contributed by atoms with E-state index in [2.05, 4.69) is 25.9 Å². The fourth-order valence-corrected chi connectivity index (χ4v) is 4.32. The van der Waals surface area contributed by atoms with Gasteiger partial charge in [-0.1, -0.05) is 23.7 Å². The SMILES string of the molecule is [2H]C([2H])([2H])Nc1ccc(-c2cnn(C(CCOC([2H])([2H])[2H])c3ccc(-c4c(-n5cnnn5)ccc(Cl)c4F)c[n+]3[O-])c2)cc1. The van der Waals surface area contributed by atoms with E-state index < -0.39 is 25.9 Å². The lowest BCUT2D eigenvalue weighted by Crippen LogP contribution is -2.36. The highest BCUT2D eigenvalue weighted by Crippen LogP contribution is 2.33. The maximum absolute atomic E-state index is 15.3. The van der Waals surface area contributed by atoms with Gasteiger partial charge in [0.1, 0.15) is 12.4 Å². The van der Waals surface area contributed by atoms with E-state index in [0.717, 1.165) is 5.56 Å². The van der Waals surface area contributed by atoms with Gasteiger partial charge in [0.25, 0.3) is 0 Å². The van der Waals surface area contributed by atoms with Crippen LogP contribution in [-0.4, -0.2) is 50.6 Å². The number of nitrogens with one attached hydrogen (secondary N) is 1. The molecule has 1 atom stereocenters. The van der Waals surface area contributed by atoms with Gasteiger partial charge in [-0.3, -0.25) is 4.68 Å². The third kappa shape index (κ3) is 4.93. The second-order valence-corrected chi connectivity index (χ2v) is 8.65. The molecule has 0 radical (unpaired) electrons. The van der Waals surface area contributed by atoms with E-state index in [1.165, 1.54) is 46.2 Å². The summed E-state index contributed by atoms with van der Waals surface area (Å²) in [6.07, 6.45) is 5.75. The highest BCUT2D eigenvalue weighted by molar-refractivity contribution is 6.31. The van der Waals surface area contributed by atoms with E-state index in [0.29, 0.717) is 16.0 Å². The third-order valence-corrected chi connectivity index (χ3v) is 6.31. The summed E-state index contributed by atoms with van der Waals surface area (Å²) in [5.74, 6) is -0.771. The molecule has 5 rings (SSSR count). The molecule has 0 bridgehead atoms. The summed E-state index contributed by atoms with van der Waals surface area (Å²) < 4.78 is 67.8. The molecule has 2 aromatic carbocycles. The lowest BCUT2D eigenvalue weighted by atomic mass is 10.0. The van der Waals surface area contributed by atoms with Crippen LogP contribution in [0.5, 0.6) is 0 Å². The fourth-order valence-electron chi connectivity index (χ4n) is 4.17. The molecule has 0 aliphatic rings. The van der Waals surface area contributed by atoms with Gasteiger partial charge in [-0.25, -0.2) is 4.39 Å². The standard InChI is InChI=1S/C26H24ClFN8O2/c1-29-20-6-3-17(4-7-20)19-13-31-34(14-19)22(11-12-38-2)23-9-5-18(15-36(23)37)25-24(35-16-30-32-33-35)10-8-21(27)26(25)28/h3-10,13-16,22,29H,11-12H2,1-2H3/i1D3,2D3. The topological polar surface area (TPSA) is 110 Å². The zero-order chi connectivity index (χ0) is 31.6. The predicted molar refractivity (Wildman–Crippen MR) is 140 cm³/mol. The van der Waals surface area contributed by atoms with Gasteiger partial charge in [0.15, 0.2) is 12.0 Å². The van der Waals surface area contributed by atoms with Crippen molar-refractivity contribution in [2.75, 3.05) is 25.9 Å². The number of halogens is 2. The number of anilines is 1. The summed E-state index contributed by atoms with van der Waals surface area (Å²) in [5, 5.41) is 31.1. The van der Waals surface area contributed by atoms with Crippen LogP contribution >= 0.6 is 11.6 Å². The minimum absolute atomic E-state index is 0.000962. The summed E-state index contributed by atoms with van der Waals surface area (Å²) in [4.78, 5) is 0. The summed E-state index contributed by atoms with van der Waals surface area (Å²) in [6, 6.07) is 11.8. The molecular weight excluding hydrogens is 511 g/mol. The molecule has 1 N–H and O–H groups in total. The Morgan fingerprint density at radius 1 is 1.16 bits per heavy atom. The summed E-state index contributed by atoms with van der Waals surface area (Å²) in [7, 11) is -2.64. The maximum Gasteiger partial charge on any atom is 0.217 e. The second-order valence-electron chi connectivity index (χ2n) is 8.24. The molecule has 1 unspecified atom stereocenters. The number of methoxy groups -OCH3 is 1. The molecule has 0 aliphatic carbocycles. The first-order chi connectivity index (χ1) is 20.8. The van der Waals surface area contributed by atoms with Gasteiger partial charge in [0.05, 0.1) is 32.1 Å². The molecule has 12 heteroatoms. The molecule has 3 aromatic heterocycles. The number of pyridine rings is 1. The van der Waals surface area contributed by atoms with Gasteiger partial charge in [-0.05, 0) is 46.3 Å². The van der Waals surface area contributed by atoms with E-state index in [4.69, 9.17) is 24.6 Å². The van der Waals surface area contributed by atoms with Gasteiger partial charge >= 0.3 is 0 Å². The van der Waals surface area contributed by atoms with Crippen molar-refractivity contribution in [2.24, 2.45) is 0 Å². The fraction of sp³-hybridized carbons (Fsp3) is 0.192. The molecule has 3 heterocycles. The number of benzene rings is 2. The van der Waals surface area contributed by atoms with Crippen LogP contribution in [-0.2, 0) is 4.74 Å². The van der Waals surface area contributed by atoms with Crippen molar-refractivity contribution >= 4 is 17.3 Å². The Balaban J connectivity index is 1.49. The average molecular weight is 541 g/mol. The first kappa shape index (κ1) is 18.8. The zero-order valence-corrected chi connectivity index (χ0v) is 20.4. The van der Waals surface area contributed by atoms with E-state index in [-0.39, 0.29) is 40.6 Å². The molecule has 194 valence electrons. The smallest absolute Gasteiger partial charge is 0.217 e. The molecule has 0 saturated heterocycles. The molecule has 0 spiro atoms. The van der Waals surface area contributed by atoms with Crippen LogP contribution in [0.15, 0.2) is 73.4 Å². The third-order valence-electron chi connectivity index (χ3n) is 6.02. The maximum atomic E-state index is 15.3. The quantitative estimate of drug-likeness (QED) is 0.219. The second kappa shape index (κ2) is 11.0. The van der Waals surface area contributed by atoms with E-state index >= 15 is 4.39 Å². The van der Waals surface area contributed by atoms with Crippen LogP contribution in [0.1, 0.15) is 26.4 Å².